The van der Waals surface area contributed by atoms with Gasteiger partial charge in [0.25, 0.3) is 5.91 Å². The summed E-state index contributed by atoms with van der Waals surface area (Å²) in [4.78, 5) is 16.2. The zero-order valence-electron chi connectivity index (χ0n) is 15.0. The predicted octanol–water partition coefficient (Wildman–Crippen LogP) is 1.64. The van der Waals surface area contributed by atoms with Gasteiger partial charge in [0, 0.05) is 19.3 Å². The Balaban J connectivity index is 2.12. The molecule has 2 aromatic rings. The molecule has 12 heteroatoms. The standard InChI is InChI=1S/C17H17F3N4O4S/c18-17(19,20)15-14(5-2-6-22-15)16(25)24(23-7-9-28-10-8-23)12-3-1-4-13(11-12)29(21,26)27/h1-6,11H,7-10H2,(H2,21,26,27). The number of sulfonamides is 1. The maximum absolute atomic E-state index is 13.4. The van der Waals surface area contributed by atoms with E-state index in [1.807, 2.05) is 0 Å². The Hall–Kier alpha value is -2.54. The van der Waals surface area contributed by atoms with E-state index in [0.717, 1.165) is 23.3 Å². The summed E-state index contributed by atoms with van der Waals surface area (Å²) in [6.07, 6.45) is -3.90. The van der Waals surface area contributed by atoms with Crippen LogP contribution in [0.3, 0.4) is 0 Å². The van der Waals surface area contributed by atoms with Crippen molar-refractivity contribution in [2.45, 2.75) is 11.1 Å². The van der Waals surface area contributed by atoms with Gasteiger partial charge in [-0.2, -0.15) is 13.2 Å². The first kappa shape index (κ1) is 21.2. The molecule has 29 heavy (non-hydrogen) atoms. The minimum absolute atomic E-state index is 0.0559. The zero-order chi connectivity index (χ0) is 21.2. The van der Waals surface area contributed by atoms with Gasteiger partial charge in [-0.15, -0.1) is 0 Å². The Morgan fingerprint density at radius 3 is 2.48 bits per heavy atom. The third kappa shape index (κ3) is 4.72. The molecule has 1 aromatic heterocycles. The number of amides is 1. The average Bonchev–Trinajstić information content (AvgIpc) is 2.68. The number of hydrazine groups is 1. The fourth-order valence-corrected chi connectivity index (χ4v) is 3.43. The zero-order valence-corrected chi connectivity index (χ0v) is 15.8. The second-order valence-corrected chi connectivity index (χ2v) is 7.68. The number of halogens is 3. The van der Waals surface area contributed by atoms with Crippen LogP contribution in [0, 0.1) is 0 Å². The third-order valence-corrected chi connectivity index (χ3v) is 5.07. The van der Waals surface area contributed by atoms with Gasteiger partial charge in [0.2, 0.25) is 10.0 Å². The van der Waals surface area contributed by atoms with Crippen LogP contribution in [-0.2, 0) is 20.9 Å². The lowest BCUT2D eigenvalue weighted by atomic mass is 10.1. The molecular formula is C17H17F3N4O4S. The van der Waals surface area contributed by atoms with Crippen molar-refractivity contribution in [2.75, 3.05) is 31.3 Å². The number of carbonyl (C=O) groups excluding carboxylic acids is 1. The minimum Gasteiger partial charge on any atom is -0.379 e. The van der Waals surface area contributed by atoms with Gasteiger partial charge in [-0.1, -0.05) is 6.07 Å². The second kappa shape index (κ2) is 8.06. The first-order valence-electron chi connectivity index (χ1n) is 8.41. The fourth-order valence-electron chi connectivity index (χ4n) is 2.87. The SMILES string of the molecule is NS(=O)(=O)c1cccc(N(C(=O)c2cccnc2C(F)(F)F)N2CCOCC2)c1. The fraction of sp³-hybridized carbons (Fsp3) is 0.294. The first-order valence-corrected chi connectivity index (χ1v) is 9.96. The number of nitrogens with two attached hydrogens (primary N) is 1. The van der Waals surface area contributed by atoms with Crippen LogP contribution in [-0.4, -0.2) is 50.6 Å². The quantitative estimate of drug-likeness (QED) is 0.791. The summed E-state index contributed by atoms with van der Waals surface area (Å²) >= 11 is 0. The number of primary sulfonamides is 1. The summed E-state index contributed by atoms with van der Waals surface area (Å²) in [7, 11) is -4.08. The van der Waals surface area contributed by atoms with E-state index in [1.165, 1.54) is 29.3 Å². The molecule has 0 aliphatic carbocycles. The van der Waals surface area contributed by atoms with Crippen molar-refractivity contribution in [2.24, 2.45) is 5.14 Å². The first-order chi connectivity index (χ1) is 13.6. The highest BCUT2D eigenvalue weighted by Gasteiger charge is 2.39. The highest BCUT2D eigenvalue weighted by molar-refractivity contribution is 7.89. The van der Waals surface area contributed by atoms with Crippen molar-refractivity contribution in [1.29, 1.82) is 0 Å². The van der Waals surface area contributed by atoms with Crippen LogP contribution in [0.1, 0.15) is 16.1 Å². The lowest BCUT2D eigenvalue weighted by Crippen LogP contribution is -2.52. The van der Waals surface area contributed by atoms with Crippen molar-refractivity contribution in [3.05, 3.63) is 53.9 Å². The molecule has 1 aliphatic heterocycles. The Morgan fingerprint density at radius 1 is 1.17 bits per heavy atom. The Kier molecular flexibility index (Phi) is 5.89. The lowest BCUT2D eigenvalue weighted by Gasteiger charge is -2.37. The summed E-state index contributed by atoms with van der Waals surface area (Å²) in [6.45, 7) is 0.926. The molecule has 0 bridgehead atoms. The Labute approximate surface area is 164 Å². The molecule has 0 unspecified atom stereocenters. The second-order valence-electron chi connectivity index (χ2n) is 6.12. The number of ether oxygens (including phenoxy) is 1. The highest BCUT2D eigenvalue weighted by Crippen LogP contribution is 2.32. The monoisotopic (exact) mass is 430 g/mol. The van der Waals surface area contributed by atoms with Gasteiger partial charge >= 0.3 is 6.18 Å². The summed E-state index contributed by atoms with van der Waals surface area (Å²) in [5.74, 6) is -1.00. The number of pyridine rings is 1. The molecule has 2 heterocycles. The van der Waals surface area contributed by atoms with E-state index in [2.05, 4.69) is 4.98 Å². The van der Waals surface area contributed by atoms with Gasteiger partial charge in [-0.3, -0.25) is 9.78 Å². The molecular weight excluding hydrogens is 413 g/mol. The Bertz CT molecular complexity index is 1010. The van der Waals surface area contributed by atoms with Crippen LogP contribution < -0.4 is 10.1 Å². The van der Waals surface area contributed by atoms with Gasteiger partial charge in [0.1, 0.15) is 0 Å². The minimum atomic E-state index is -4.84. The van der Waals surface area contributed by atoms with E-state index >= 15 is 0 Å². The van der Waals surface area contributed by atoms with E-state index in [1.54, 1.807) is 0 Å². The van der Waals surface area contributed by atoms with Gasteiger partial charge in [0.15, 0.2) is 5.69 Å². The summed E-state index contributed by atoms with van der Waals surface area (Å²) in [6, 6.07) is 7.36. The number of anilines is 1. The number of morpholine rings is 1. The van der Waals surface area contributed by atoms with Crippen molar-refractivity contribution in [3.8, 4) is 0 Å². The smallest absolute Gasteiger partial charge is 0.379 e. The average molecular weight is 430 g/mol. The lowest BCUT2D eigenvalue weighted by molar-refractivity contribution is -0.141. The normalized spacial score (nSPS) is 15.9. The molecule has 156 valence electrons. The number of hydrogen-bond donors (Lipinski definition) is 1. The van der Waals surface area contributed by atoms with Crippen molar-refractivity contribution < 1.29 is 31.1 Å². The third-order valence-electron chi connectivity index (χ3n) is 4.16. The number of hydrogen-bond acceptors (Lipinski definition) is 6. The van der Waals surface area contributed by atoms with E-state index in [-0.39, 0.29) is 36.9 Å². The molecule has 0 atom stereocenters. The molecule has 1 aliphatic rings. The summed E-state index contributed by atoms with van der Waals surface area (Å²) in [5.41, 5.74) is -1.93. The van der Waals surface area contributed by atoms with Crippen molar-refractivity contribution >= 4 is 21.6 Å². The topological polar surface area (TPSA) is 106 Å². The number of aromatic nitrogens is 1. The number of rotatable bonds is 4. The van der Waals surface area contributed by atoms with Crippen LogP contribution in [0.4, 0.5) is 18.9 Å². The van der Waals surface area contributed by atoms with E-state index in [0.29, 0.717) is 0 Å². The molecule has 1 amide bonds. The molecule has 1 fully saturated rings. The van der Waals surface area contributed by atoms with E-state index < -0.39 is 33.4 Å². The molecule has 0 spiro atoms. The summed E-state index contributed by atoms with van der Waals surface area (Å²) < 4.78 is 68.7. The van der Waals surface area contributed by atoms with Crippen LogP contribution in [0.15, 0.2) is 47.5 Å². The van der Waals surface area contributed by atoms with E-state index in [9.17, 15) is 26.4 Å². The highest BCUT2D eigenvalue weighted by atomic mass is 32.2. The number of alkyl halides is 3. The summed E-state index contributed by atoms with van der Waals surface area (Å²) in [5, 5.41) is 7.64. The van der Waals surface area contributed by atoms with Crippen LogP contribution in [0.2, 0.25) is 0 Å². The molecule has 0 saturated carbocycles. The molecule has 3 rings (SSSR count). The predicted molar refractivity (Wildman–Crippen MR) is 96.3 cm³/mol. The van der Waals surface area contributed by atoms with Crippen molar-refractivity contribution in [3.63, 3.8) is 0 Å². The molecule has 0 radical (unpaired) electrons. The Morgan fingerprint density at radius 2 is 1.86 bits per heavy atom. The van der Waals surface area contributed by atoms with E-state index in [4.69, 9.17) is 9.88 Å². The van der Waals surface area contributed by atoms with Crippen molar-refractivity contribution in [1.82, 2.24) is 9.99 Å². The number of benzene rings is 1. The number of nitrogens with zero attached hydrogens (tertiary/aromatic N) is 3. The number of carbonyl (C=O) groups is 1. The van der Waals surface area contributed by atoms with Crippen LogP contribution in [0.5, 0.6) is 0 Å². The maximum atomic E-state index is 13.4. The molecule has 1 saturated heterocycles. The largest absolute Gasteiger partial charge is 0.434 e. The van der Waals surface area contributed by atoms with Gasteiger partial charge in [-0.05, 0) is 30.3 Å². The van der Waals surface area contributed by atoms with Crippen LogP contribution >= 0.6 is 0 Å². The maximum Gasteiger partial charge on any atom is 0.434 e. The van der Waals surface area contributed by atoms with Crippen LogP contribution in [0.25, 0.3) is 0 Å². The molecule has 8 nitrogen and oxygen atoms in total. The molecule has 2 N–H and O–H groups in total. The van der Waals surface area contributed by atoms with Gasteiger partial charge in [0.05, 0.1) is 29.4 Å². The molecule has 1 aromatic carbocycles. The van der Waals surface area contributed by atoms with Gasteiger partial charge < -0.3 is 4.74 Å². The van der Waals surface area contributed by atoms with Gasteiger partial charge in [-0.25, -0.2) is 23.6 Å².